The van der Waals surface area contributed by atoms with Gasteiger partial charge in [0.2, 0.25) is 0 Å². The van der Waals surface area contributed by atoms with Crippen LogP contribution in [0.3, 0.4) is 0 Å². The zero-order valence-electron chi connectivity index (χ0n) is 12.6. The largest absolute Gasteiger partial charge is 0.313 e. The number of thiazole rings is 1. The minimum atomic E-state index is -0.768. The average molecular weight is 378 g/mol. The van der Waals surface area contributed by atoms with Crippen molar-refractivity contribution in [1.29, 1.82) is 0 Å². The number of Topliss-reactive ketones (excluding diaryl/α,β-unsaturated/α-hetero) is 1. The maximum Gasteiger partial charge on any atom is 0.266 e. The fourth-order valence-electron chi connectivity index (χ4n) is 2.12. The van der Waals surface area contributed by atoms with Gasteiger partial charge >= 0.3 is 0 Å². The van der Waals surface area contributed by atoms with Gasteiger partial charge in [0.05, 0.1) is 9.20 Å². The summed E-state index contributed by atoms with van der Waals surface area (Å²) in [5.41, 5.74) is -0.419. The normalized spacial score (nSPS) is 12.6. The third kappa shape index (κ3) is 3.92. The second-order valence-electron chi connectivity index (χ2n) is 5.08. The highest BCUT2D eigenvalue weighted by molar-refractivity contribution is 7.07. The number of rotatable bonds is 3. The van der Waals surface area contributed by atoms with Gasteiger partial charge < -0.3 is 4.98 Å². The number of carbonyl (C=O) groups excluding carboxylic acids is 1. The number of ketones is 1. The van der Waals surface area contributed by atoms with Crippen LogP contribution in [-0.4, -0.2) is 10.8 Å². The van der Waals surface area contributed by atoms with Gasteiger partial charge in [-0.05, 0) is 42.5 Å². The van der Waals surface area contributed by atoms with E-state index in [-0.39, 0.29) is 20.5 Å². The van der Waals surface area contributed by atoms with Gasteiger partial charge in [0.1, 0.15) is 11.6 Å². The lowest BCUT2D eigenvalue weighted by Gasteiger charge is -1.96. The van der Waals surface area contributed by atoms with Gasteiger partial charge in [0.25, 0.3) is 5.56 Å². The SMILES string of the molecule is O=C(/C=c1/[nH]c(=O)/c(=C/c2c(F)cccc2F)s1)c1ccc(Cl)cc1. The van der Waals surface area contributed by atoms with E-state index in [1.165, 1.54) is 12.1 Å². The molecule has 3 nitrogen and oxygen atoms in total. The first-order chi connectivity index (χ1) is 11.9. The Bertz CT molecular complexity index is 1100. The van der Waals surface area contributed by atoms with Crippen molar-refractivity contribution in [3.8, 4) is 0 Å². The molecule has 0 radical (unpaired) electrons. The van der Waals surface area contributed by atoms with Crippen LogP contribution in [0, 0.1) is 11.6 Å². The number of hydrogen-bond donors (Lipinski definition) is 1. The molecule has 1 aromatic heterocycles. The zero-order valence-corrected chi connectivity index (χ0v) is 14.1. The Hall–Kier alpha value is -2.57. The molecule has 0 aliphatic heterocycles. The topological polar surface area (TPSA) is 49.9 Å². The third-order valence-electron chi connectivity index (χ3n) is 3.35. The van der Waals surface area contributed by atoms with Crippen LogP contribution in [0.5, 0.6) is 0 Å². The van der Waals surface area contributed by atoms with Gasteiger partial charge in [-0.15, -0.1) is 11.3 Å². The summed E-state index contributed by atoms with van der Waals surface area (Å²) in [6, 6.07) is 9.75. The average Bonchev–Trinajstić information content (AvgIpc) is 2.91. The van der Waals surface area contributed by atoms with Crippen LogP contribution >= 0.6 is 22.9 Å². The molecule has 2 aromatic carbocycles. The van der Waals surface area contributed by atoms with Crippen molar-refractivity contribution in [3.63, 3.8) is 0 Å². The summed E-state index contributed by atoms with van der Waals surface area (Å²) in [7, 11) is 0. The Morgan fingerprint density at radius 2 is 1.72 bits per heavy atom. The van der Waals surface area contributed by atoms with Crippen molar-refractivity contribution in [2.24, 2.45) is 0 Å². The van der Waals surface area contributed by atoms with Gasteiger partial charge in [-0.1, -0.05) is 17.7 Å². The minimum Gasteiger partial charge on any atom is -0.313 e. The first-order valence-electron chi connectivity index (χ1n) is 7.10. The molecule has 0 saturated heterocycles. The van der Waals surface area contributed by atoms with Gasteiger partial charge in [0.15, 0.2) is 5.78 Å². The molecule has 0 fully saturated rings. The van der Waals surface area contributed by atoms with Crippen molar-refractivity contribution in [3.05, 3.63) is 89.8 Å². The molecule has 0 bridgehead atoms. The number of benzene rings is 2. The van der Waals surface area contributed by atoms with Gasteiger partial charge in [-0.2, -0.15) is 0 Å². The molecular formula is C18H10ClF2NO2S. The smallest absolute Gasteiger partial charge is 0.266 e. The lowest BCUT2D eigenvalue weighted by molar-refractivity contribution is 0.106. The summed E-state index contributed by atoms with van der Waals surface area (Å²) in [5.74, 6) is -1.86. The Labute approximate surface area is 149 Å². The molecule has 126 valence electrons. The summed E-state index contributed by atoms with van der Waals surface area (Å²) >= 11 is 6.71. The number of H-pyrrole nitrogens is 1. The number of aromatic nitrogens is 1. The standard InChI is InChI=1S/C18H10ClF2NO2S/c19-11-6-4-10(5-7-11)15(23)9-17-22-18(24)16(25-17)8-12-13(20)2-1-3-14(12)21/h1-9H,(H,22,24)/b16-8-,17-9-. The highest BCUT2D eigenvalue weighted by Crippen LogP contribution is 2.12. The van der Waals surface area contributed by atoms with Crippen LogP contribution in [0.4, 0.5) is 8.78 Å². The second kappa shape index (κ2) is 7.13. The number of halogens is 3. The van der Waals surface area contributed by atoms with E-state index in [0.717, 1.165) is 29.5 Å². The predicted molar refractivity (Wildman–Crippen MR) is 94.4 cm³/mol. The molecule has 25 heavy (non-hydrogen) atoms. The summed E-state index contributed by atoms with van der Waals surface area (Å²) in [6.45, 7) is 0. The summed E-state index contributed by atoms with van der Waals surface area (Å²) in [6.07, 6.45) is 2.38. The highest BCUT2D eigenvalue weighted by atomic mass is 35.5. The molecule has 0 saturated carbocycles. The minimum absolute atomic E-state index is 0.0964. The molecule has 7 heteroatoms. The number of nitrogens with one attached hydrogen (secondary N) is 1. The van der Waals surface area contributed by atoms with Crippen molar-refractivity contribution in [2.45, 2.75) is 0 Å². The molecule has 0 aliphatic rings. The summed E-state index contributed by atoms with van der Waals surface area (Å²) < 4.78 is 27.8. The van der Waals surface area contributed by atoms with Crippen LogP contribution in [0.15, 0.2) is 47.3 Å². The monoisotopic (exact) mass is 377 g/mol. The molecule has 0 amide bonds. The van der Waals surface area contributed by atoms with Crippen LogP contribution in [0.2, 0.25) is 5.02 Å². The zero-order chi connectivity index (χ0) is 18.0. The fourth-order valence-corrected chi connectivity index (χ4v) is 3.11. The lowest BCUT2D eigenvalue weighted by atomic mass is 10.1. The number of carbonyl (C=O) groups is 1. The first kappa shape index (κ1) is 17.3. The van der Waals surface area contributed by atoms with E-state index >= 15 is 0 Å². The molecule has 0 unspecified atom stereocenters. The van der Waals surface area contributed by atoms with Crippen LogP contribution in [-0.2, 0) is 0 Å². The molecule has 1 N–H and O–H groups in total. The molecule has 3 rings (SSSR count). The molecule has 0 spiro atoms. The third-order valence-corrected chi connectivity index (χ3v) is 4.56. The quantitative estimate of drug-likeness (QED) is 0.713. The lowest BCUT2D eigenvalue weighted by Crippen LogP contribution is -2.20. The van der Waals surface area contributed by atoms with E-state index < -0.39 is 17.2 Å². The van der Waals surface area contributed by atoms with Crippen molar-refractivity contribution >= 4 is 40.9 Å². The molecule has 3 aromatic rings. The van der Waals surface area contributed by atoms with Gasteiger partial charge in [0, 0.05) is 22.2 Å². The van der Waals surface area contributed by atoms with Gasteiger partial charge in [-0.25, -0.2) is 8.78 Å². The van der Waals surface area contributed by atoms with Gasteiger partial charge in [-0.3, -0.25) is 9.59 Å². The van der Waals surface area contributed by atoms with Crippen LogP contribution in [0.25, 0.3) is 12.2 Å². The van der Waals surface area contributed by atoms with E-state index in [1.807, 2.05) is 0 Å². The van der Waals surface area contributed by atoms with Crippen molar-refractivity contribution in [2.75, 3.05) is 0 Å². The summed E-state index contributed by atoms with van der Waals surface area (Å²) in [5, 5.41) is 0.505. The molecular weight excluding hydrogens is 368 g/mol. The van der Waals surface area contributed by atoms with E-state index in [9.17, 15) is 18.4 Å². The van der Waals surface area contributed by atoms with Crippen molar-refractivity contribution in [1.82, 2.24) is 4.98 Å². The maximum absolute atomic E-state index is 13.7. The summed E-state index contributed by atoms with van der Waals surface area (Å²) in [4.78, 5) is 26.6. The van der Waals surface area contributed by atoms with Crippen LogP contribution < -0.4 is 14.8 Å². The molecule has 1 heterocycles. The predicted octanol–water partition coefficient (Wildman–Crippen LogP) is 2.86. The Morgan fingerprint density at radius 1 is 1.08 bits per heavy atom. The number of hydrogen-bond acceptors (Lipinski definition) is 3. The van der Waals surface area contributed by atoms with E-state index in [0.29, 0.717) is 10.6 Å². The molecule has 0 aliphatic carbocycles. The van der Waals surface area contributed by atoms with Crippen LogP contribution in [0.1, 0.15) is 15.9 Å². The number of aromatic amines is 1. The Morgan fingerprint density at radius 3 is 2.36 bits per heavy atom. The van der Waals surface area contributed by atoms with E-state index in [1.54, 1.807) is 24.3 Å². The second-order valence-corrected chi connectivity index (χ2v) is 6.60. The Balaban J connectivity index is 2.03. The first-order valence-corrected chi connectivity index (χ1v) is 8.30. The van der Waals surface area contributed by atoms with E-state index in [2.05, 4.69) is 4.98 Å². The maximum atomic E-state index is 13.7. The highest BCUT2D eigenvalue weighted by Gasteiger charge is 2.07. The fraction of sp³-hybridized carbons (Fsp3) is 0. The molecule has 0 atom stereocenters. The van der Waals surface area contributed by atoms with Crippen molar-refractivity contribution < 1.29 is 13.6 Å². The Kier molecular flexibility index (Phi) is 4.92. The van der Waals surface area contributed by atoms with E-state index in [4.69, 9.17) is 11.6 Å².